The number of hydrogen-bond donors (Lipinski definition) is 1. The van der Waals surface area contributed by atoms with Crippen LogP contribution in [0, 0.1) is 0 Å². The van der Waals surface area contributed by atoms with Gasteiger partial charge in [0.2, 0.25) is 11.9 Å². The molecule has 3 heterocycles. The molecule has 0 bridgehead atoms. The molecule has 0 aliphatic carbocycles. The molecule has 0 aliphatic rings. The van der Waals surface area contributed by atoms with Crippen LogP contribution in [0.2, 0.25) is 0 Å². The molecule has 0 radical (unpaired) electrons. The Kier molecular flexibility index (Phi) is 5.62. The van der Waals surface area contributed by atoms with Crippen LogP contribution in [0.25, 0.3) is 28.1 Å². The van der Waals surface area contributed by atoms with E-state index in [0.29, 0.717) is 5.69 Å². The molecule has 160 valence electrons. The summed E-state index contributed by atoms with van der Waals surface area (Å²) < 4.78 is 1.71. The van der Waals surface area contributed by atoms with Crippen LogP contribution in [0.1, 0.15) is 5.69 Å². The molecule has 8 heteroatoms. The second kappa shape index (κ2) is 9.19. The maximum Gasteiger partial charge on any atom is 0.232 e. The summed E-state index contributed by atoms with van der Waals surface area (Å²) >= 11 is 0. The lowest BCUT2D eigenvalue weighted by Gasteiger charge is -2.08. The molecule has 3 aromatic heterocycles. The van der Waals surface area contributed by atoms with Crippen molar-refractivity contribution in [1.29, 1.82) is 0 Å². The molecule has 1 N–H and O–H groups in total. The predicted molar refractivity (Wildman–Crippen MR) is 124 cm³/mol. The van der Waals surface area contributed by atoms with Crippen LogP contribution in [0.5, 0.6) is 0 Å². The second-order valence-corrected chi connectivity index (χ2v) is 7.25. The molecular weight excluding hydrogens is 414 g/mol. The number of nitrogens with zero attached hydrogens (tertiary/aromatic N) is 6. The molecule has 8 nitrogen and oxygen atoms in total. The van der Waals surface area contributed by atoms with Crippen LogP contribution in [-0.4, -0.2) is 35.9 Å². The summed E-state index contributed by atoms with van der Waals surface area (Å²) in [6, 6.07) is 23.2. The Balaban J connectivity index is 1.38. The molecule has 0 saturated carbocycles. The molecule has 0 aliphatic heterocycles. The van der Waals surface area contributed by atoms with Gasteiger partial charge in [0, 0.05) is 35.9 Å². The lowest BCUT2D eigenvalue weighted by molar-refractivity contribution is -0.115. The van der Waals surface area contributed by atoms with Gasteiger partial charge in [0.05, 0.1) is 17.8 Å². The molecule has 5 aromatic rings. The Morgan fingerprint density at radius 3 is 2.09 bits per heavy atom. The maximum absolute atomic E-state index is 12.8. The summed E-state index contributed by atoms with van der Waals surface area (Å²) in [5.74, 6) is -0.0381. The van der Waals surface area contributed by atoms with E-state index in [4.69, 9.17) is 0 Å². The lowest BCUT2D eigenvalue weighted by atomic mass is 10.1. The quantitative estimate of drug-likeness (QED) is 0.435. The minimum Gasteiger partial charge on any atom is -0.294 e. The molecular formula is C25H19N7O. The smallest absolute Gasteiger partial charge is 0.232 e. The van der Waals surface area contributed by atoms with E-state index in [-0.39, 0.29) is 18.3 Å². The van der Waals surface area contributed by atoms with Gasteiger partial charge in [0.1, 0.15) is 5.69 Å². The number of nitrogens with one attached hydrogen (secondary N) is 1. The number of amides is 1. The zero-order chi connectivity index (χ0) is 22.5. The van der Waals surface area contributed by atoms with E-state index in [2.05, 4.69) is 30.6 Å². The predicted octanol–water partition coefficient (Wildman–Crippen LogP) is 3.97. The van der Waals surface area contributed by atoms with Crippen LogP contribution >= 0.6 is 0 Å². The Morgan fingerprint density at radius 2 is 1.42 bits per heavy atom. The fraction of sp³-hybridized carbons (Fsp3) is 0.0400. The van der Waals surface area contributed by atoms with E-state index in [0.717, 1.165) is 28.1 Å². The molecule has 0 atom stereocenters. The number of carbonyl (C=O) groups is 1. The highest BCUT2D eigenvalue weighted by molar-refractivity contribution is 5.91. The summed E-state index contributed by atoms with van der Waals surface area (Å²) in [7, 11) is 0. The minimum absolute atomic E-state index is 0.0269. The first-order chi connectivity index (χ1) is 16.3. The van der Waals surface area contributed by atoms with E-state index in [9.17, 15) is 4.79 Å². The van der Waals surface area contributed by atoms with Crippen molar-refractivity contribution in [2.45, 2.75) is 6.42 Å². The minimum atomic E-state index is -0.276. The van der Waals surface area contributed by atoms with Crippen molar-refractivity contribution in [2.75, 3.05) is 5.32 Å². The molecule has 1 amide bonds. The molecule has 0 spiro atoms. The Morgan fingerprint density at radius 1 is 0.788 bits per heavy atom. The average molecular weight is 433 g/mol. The van der Waals surface area contributed by atoms with Gasteiger partial charge in [-0.15, -0.1) is 5.10 Å². The third-order valence-corrected chi connectivity index (χ3v) is 5.03. The summed E-state index contributed by atoms with van der Waals surface area (Å²) in [6.45, 7) is 0. The van der Waals surface area contributed by atoms with Gasteiger partial charge in [-0.1, -0.05) is 65.9 Å². The second-order valence-electron chi connectivity index (χ2n) is 7.25. The van der Waals surface area contributed by atoms with Crippen molar-refractivity contribution in [2.24, 2.45) is 0 Å². The highest BCUT2D eigenvalue weighted by Crippen LogP contribution is 2.25. The number of rotatable bonds is 6. The van der Waals surface area contributed by atoms with Gasteiger partial charge in [0.25, 0.3) is 0 Å². The zero-order valence-electron chi connectivity index (χ0n) is 17.5. The summed E-state index contributed by atoms with van der Waals surface area (Å²) in [6.07, 6.45) is 6.78. The van der Waals surface area contributed by atoms with Gasteiger partial charge in [-0.3, -0.25) is 15.1 Å². The van der Waals surface area contributed by atoms with Crippen molar-refractivity contribution < 1.29 is 4.79 Å². The van der Waals surface area contributed by atoms with E-state index in [1.807, 2.05) is 72.8 Å². The SMILES string of the molecule is O=C(Cc1nnn(-c2ccncc2)c1-c1ccccc1)Nc1ncc(-c2ccccc2)cn1. The third kappa shape index (κ3) is 4.49. The van der Waals surface area contributed by atoms with Gasteiger partial charge in [-0.2, -0.15) is 0 Å². The van der Waals surface area contributed by atoms with E-state index in [1.165, 1.54) is 0 Å². The first-order valence-electron chi connectivity index (χ1n) is 10.4. The van der Waals surface area contributed by atoms with Crippen LogP contribution in [0.3, 0.4) is 0 Å². The third-order valence-electron chi connectivity index (χ3n) is 5.03. The number of carbonyl (C=O) groups excluding carboxylic acids is 1. The van der Waals surface area contributed by atoms with E-state index >= 15 is 0 Å². The monoisotopic (exact) mass is 433 g/mol. The number of anilines is 1. The summed E-state index contributed by atoms with van der Waals surface area (Å²) in [5, 5.41) is 11.3. The summed E-state index contributed by atoms with van der Waals surface area (Å²) in [4.78, 5) is 25.4. The maximum atomic E-state index is 12.8. The fourth-order valence-corrected chi connectivity index (χ4v) is 3.48. The number of pyridine rings is 1. The van der Waals surface area contributed by atoms with Crippen LogP contribution in [-0.2, 0) is 11.2 Å². The van der Waals surface area contributed by atoms with Crippen molar-refractivity contribution in [3.8, 4) is 28.1 Å². The Bertz CT molecular complexity index is 1350. The molecule has 0 fully saturated rings. The van der Waals surface area contributed by atoms with Crippen molar-refractivity contribution >= 4 is 11.9 Å². The topological polar surface area (TPSA) is 98.5 Å². The Hall–Kier alpha value is -4.72. The highest BCUT2D eigenvalue weighted by atomic mass is 16.1. The normalized spacial score (nSPS) is 10.7. The Labute approximate surface area is 190 Å². The van der Waals surface area contributed by atoms with Crippen molar-refractivity contribution in [1.82, 2.24) is 29.9 Å². The van der Waals surface area contributed by atoms with Gasteiger partial charge >= 0.3 is 0 Å². The van der Waals surface area contributed by atoms with Gasteiger partial charge in [-0.05, 0) is 17.7 Å². The standard InChI is InChI=1S/C25H19N7O/c33-23(29-25-27-16-20(17-28-25)18-7-3-1-4-8-18)15-22-24(19-9-5-2-6-10-19)32(31-30-22)21-11-13-26-14-12-21/h1-14,16-17H,15H2,(H,27,28,29,33). The number of benzene rings is 2. The van der Waals surface area contributed by atoms with Gasteiger partial charge in [0.15, 0.2) is 0 Å². The van der Waals surface area contributed by atoms with Gasteiger partial charge < -0.3 is 0 Å². The van der Waals surface area contributed by atoms with E-state index in [1.54, 1.807) is 29.5 Å². The lowest BCUT2D eigenvalue weighted by Crippen LogP contribution is -2.17. The molecule has 0 unspecified atom stereocenters. The van der Waals surface area contributed by atoms with Crippen LogP contribution in [0.4, 0.5) is 5.95 Å². The molecule has 2 aromatic carbocycles. The van der Waals surface area contributed by atoms with E-state index < -0.39 is 0 Å². The van der Waals surface area contributed by atoms with Crippen LogP contribution < -0.4 is 5.32 Å². The summed E-state index contributed by atoms with van der Waals surface area (Å²) in [5.41, 5.74) is 4.90. The molecule has 33 heavy (non-hydrogen) atoms. The fourth-order valence-electron chi connectivity index (χ4n) is 3.48. The van der Waals surface area contributed by atoms with Gasteiger partial charge in [-0.25, -0.2) is 14.6 Å². The molecule has 5 rings (SSSR count). The first-order valence-corrected chi connectivity index (χ1v) is 10.4. The number of aromatic nitrogens is 6. The van der Waals surface area contributed by atoms with Crippen molar-refractivity contribution in [3.63, 3.8) is 0 Å². The first kappa shape index (κ1) is 20.2. The zero-order valence-corrected chi connectivity index (χ0v) is 17.5. The average Bonchev–Trinajstić information content (AvgIpc) is 3.29. The molecule has 0 saturated heterocycles. The van der Waals surface area contributed by atoms with Crippen LogP contribution in [0.15, 0.2) is 97.6 Å². The van der Waals surface area contributed by atoms with Crippen molar-refractivity contribution in [3.05, 3.63) is 103 Å². The largest absolute Gasteiger partial charge is 0.294 e. The number of hydrogen-bond acceptors (Lipinski definition) is 6. The highest BCUT2D eigenvalue weighted by Gasteiger charge is 2.19.